The predicted octanol–water partition coefficient (Wildman–Crippen LogP) is 6.56. The first-order valence-corrected chi connectivity index (χ1v) is 20.5. The minimum atomic E-state index is -1.04. The molecule has 0 spiro atoms. The molecule has 5 rings (SSSR count). The molecule has 18 heteroatoms. The molecule has 2 aliphatic rings. The summed E-state index contributed by atoms with van der Waals surface area (Å²) in [6.07, 6.45) is -0.384. The summed E-state index contributed by atoms with van der Waals surface area (Å²) in [6.45, 7) is 10.6. The Hall–Kier alpha value is -5.33. The van der Waals surface area contributed by atoms with Crippen LogP contribution in [0.25, 0.3) is 0 Å². The summed E-state index contributed by atoms with van der Waals surface area (Å²) < 4.78 is 16.8. The number of hydrogen-bond acceptors (Lipinski definition) is 14. The molecule has 0 saturated carbocycles. The predicted molar refractivity (Wildman–Crippen MR) is 219 cm³/mol. The van der Waals surface area contributed by atoms with E-state index in [0.29, 0.717) is 10.7 Å². The molecular formula is C39H44N6O9S3. The van der Waals surface area contributed by atoms with Crippen LogP contribution in [0.15, 0.2) is 93.3 Å². The second-order valence-corrected chi connectivity index (χ2v) is 17.4. The van der Waals surface area contributed by atoms with Crippen molar-refractivity contribution in [3.63, 3.8) is 0 Å². The van der Waals surface area contributed by atoms with E-state index in [1.54, 1.807) is 53.0 Å². The third-order valence-electron chi connectivity index (χ3n) is 7.66. The lowest BCUT2D eigenvalue weighted by molar-refractivity contribution is -0.154. The van der Waals surface area contributed by atoms with Crippen molar-refractivity contribution in [1.29, 1.82) is 0 Å². The lowest BCUT2D eigenvalue weighted by atomic mass is 10.0. The van der Waals surface area contributed by atoms with E-state index in [4.69, 9.17) is 19.0 Å². The maximum Gasteiger partial charge on any atom is 0.413 e. The van der Waals surface area contributed by atoms with Gasteiger partial charge in [-0.2, -0.15) is 0 Å². The maximum atomic E-state index is 14.3. The number of fused-ring (bicyclic) bond motifs is 1. The molecule has 57 heavy (non-hydrogen) atoms. The summed E-state index contributed by atoms with van der Waals surface area (Å²) in [4.78, 5) is 77.4. The number of carbonyl (C=O) groups is 5. The Labute approximate surface area is 343 Å². The number of benzene rings is 2. The molecule has 0 radical (unpaired) electrons. The standard InChI is InChI=1S/C39H44N6O9S3/c1-38(2,3)53-36(49)40-19-14-20-55-26-22-56-33-28(42-31(46)27(44-51-7)25-21-57-35(41-25)43-37(50)54-39(4,5)6)32(47)45(33)29(26)34(48)52-30(23-15-10-8-11-16-23)24-17-12-9-13-18-24/h8-18,20-21,28,30,33H,19,22H2,1-7H3,(H,40,49)(H,42,46)(H,41,43,50)/b20-14-,44-27-/t28?,33-/m1/s1. The molecule has 0 aliphatic carbocycles. The van der Waals surface area contributed by atoms with Gasteiger partial charge in [0.2, 0.25) is 0 Å². The van der Waals surface area contributed by atoms with E-state index in [1.807, 2.05) is 60.7 Å². The van der Waals surface area contributed by atoms with Gasteiger partial charge in [-0.25, -0.2) is 19.4 Å². The van der Waals surface area contributed by atoms with E-state index < -0.39 is 58.7 Å². The van der Waals surface area contributed by atoms with Gasteiger partial charge in [0.15, 0.2) is 16.9 Å². The van der Waals surface area contributed by atoms with Crippen molar-refractivity contribution in [2.24, 2.45) is 5.16 Å². The number of hydrogen-bond donors (Lipinski definition) is 3. The Morgan fingerprint density at radius 1 is 0.965 bits per heavy atom. The van der Waals surface area contributed by atoms with E-state index in [2.05, 4.69) is 26.1 Å². The summed E-state index contributed by atoms with van der Waals surface area (Å²) in [7, 11) is 1.26. The van der Waals surface area contributed by atoms with Crippen LogP contribution in [-0.4, -0.2) is 87.6 Å². The molecule has 1 fully saturated rings. The van der Waals surface area contributed by atoms with E-state index in [9.17, 15) is 24.0 Å². The van der Waals surface area contributed by atoms with Crippen molar-refractivity contribution in [1.82, 2.24) is 20.5 Å². The van der Waals surface area contributed by atoms with Crippen molar-refractivity contribution in [3.05, 3.63) is 105 Å². The Bertz CT molecular complexity index is 2000. The molecule has 3 N–H and O–H groups in total. The number of β-lactam (4-membered cyclic amide) rings is 1. The number of oxime groups is 1. The number of nitrogens with zero attached hydrogens (tertiary/aromatic N) is 3. The minimum Gasteiger partial charge on any atom is -0.448 e. The van der Waals surface area contributed by atoms with Crippen LogP contribution in [0.5, 0.6) is 0 Å². The molecule has 1 saturated heterocycles. The van der Waals surface area contributed by atoms with Crippen LogP contribution in [0.2, 0.25) is 0 Å². The molecule has 1 unspecified atom stereocenters. The third kappa shape index (κ3) is 11.6. The summed E-state index contributed by atoms with van der Waals surface area (Å²) in [5, 5.41) is 14.5. The molecule has 2 atom stereocenters. The summed E-state index contributed by atoms with van der Waals surface area (Å²) >= 11 is 3.61. The zero-order valence-corrected chi connectivity index (χ0v) is 34.8. The van der Waals surface area contributed by atoms with Gasteiger partial charge in [0.05, 0.1) is 0 Å². The van der Waals surface area contributed by atoms with Crippen LogP contribution in [0.1, 0.15) is 64.5 Å². The average molecular weight is 837 g/mol. The van der Waals surface area contributed by atoms with Crippen molar-refractivity contribution in [2.45, 2.75) is 70.3 Å². The molecule has 2 aliphatic heterocycles. The Kier molecular flexibility index (Phi) is 14.1. The average Bonchev–Trinajstić information content (AvgIpc) is 3.61. The topological polar surface area (TPSA) is 187 Å². The smallest absolute Gasteiger partial charge is 0.413 e. The van der Waals surface area contributed by atoms with E-state index in [0.717, 1.165) is 22.5 Å². The van der Waals surface area contributed by atoms with Crippen molar-refractivity contribution in [3.8, 4) is 0 Å². The highest BCUT2D eigenvalue weighted by Crippen LogP contribution is 2.45. The second kappa shape index (κ2) is 18.7. The number of carbonyl (C=O) groups excluding carboxylic acids is 5. The van der Waals surface area contributed by atoms with Crippen molar-refractivity contribution in [2.75, 3.05) is 24.7 Å². The fourth-order valence-corrected chi connectivity index (χ4v) is 8.39. The number of rotatable bonds is 13. The normalized spacial score (nSPS) is 17.1. The third-order valence-corrected chi connectivity index (χ3v) is 10.8. The van der Waals surface area contributed by atoms with Gasteiger partial charge in [-0.1, -0.05) is 83.7 Å². The van der Waals surface area contributed by atoms with Gasteiger partial charge in [-0.05, 0) is 58.1 Å². The Morgan fingerprint density at radius 2 is 1.58 bits per heavy atom. The summed E-state index contributed by atoms with van der Waals surface area (Å²) in [6, 6.07) is 17.5. The number of aromatic nitrogens is 1. The van der Waals surface area contributed by atoms with Gasteiger partial charge < -0.3 is 29.7 Å². The van der Waals surface area contributed by atoms with Crippen LogP contribution in [0.3, 0.4) is 0 Å². The van der Waals surface area contributed by atoms with Gasteiger partial charge >= 0.3 is 18.2 Å². The molecular weight excluding hydrogens is 793 g/mol. The summed E-state index contributed by atoms with van der Waals surface area (Å²) in [5.41, 5.74) is -0.0148. The number of anilines is 1. The fourth-order valence-electron chi connectivity index (χ4n) is 5.39. The first kappa shape index (κ1) is 42.8. The highest BCUT2D eigenvalue weighted by Gasteiger charge is 2.55. The first-order chi connectivity index (χ1) is 27.0. The molecule has 3 heterocycles. The van der Waals surface area contributed by atoms with Gasteiger partial charge in [0, 0.05) is 22.6 Å². The molecule has 1 aromatic heterocycles. The minimum absolute atomic E-state index is 0.0454. The maximum absolute atomic E-state index is 14.3. The number of ether oxygens (including phenoxy) is 3. The zero-order valence-electron chi connectivity index (χ0n) is 32.4. The molecule has 0 bridgehead atoms. The highest BCUT2D eigenvalue weighted by molar-refractivity contribution is 8.08. The second-order valence-electron chi connectivity index (χ2n) is 14.4. The first-order valence-electron chi connectivity index (χ1n) is 17.7. The Morgan fingerprint density at radius 3 is 2.18 bits per heavy atom. The van der Waals surface area contributed by atoms with Crippen LogP contribution < -0.4 is 16.0 Å². The molecule has 2 aromatic carbocycles. The largest absolute Gasteiger partial charge is 0.448 e. The van der Waals surface area contributed by atoms with Gasteiger partial charge in [0.25, 0.3) is 11.8 Å². The van der Waals surface area contributed by atoms with Crippen LogP contribution in [0, 0.1) is 0 Å². The monoisotopic (exact) mass is 836 g/mol. The molecule has 302 valence electrons. The van der Waals surface area contributed by atoms with Gasteiger partial charge in [-0.3, -0.25) is 19.8 Å². The van der Waals surface area contributed by atoms with Crippen molar-refractivity contribution >= 4 is 75.7 Å². The molecule has 15 nitrogen and oxygen atoms in total. The van der Waals surface area contributed by atoms with Crippen LogP contribution in [0.4, 0.5) is 14.7 Å². The van der Waals surface area contributed by atoms with Crippen molar-refractivity contribution < 1.29 is 43.0 Å². The Balaban J connectivity index is 1.36. The number of thioether (sulfide) groups is 2. The number of alkyl carbamates (subject to hydrolysis) is 1. The number of esters is 1. The van der Waals surface area contributed by atoms with Gasteiger partial charge in [-0.15, -0.1) is 23.1 Å². The van der Waals surface area contributed by atoms with Crippen LogP contribution >= 0.6 is 34.9 Å². The zero-order chi connectivity index (χ0) is 41.3. The fraction of sp³-hybridized carbons (Fsp3) is 0.359. The van der Waals surface area contributed by atoms with E-state index >= 15 is 0 Å². The van der Waals surface area contributed by atoms with Crippen LogP contribution in [-0.2, 0) is 33.4 Å². The highest BCUT2D eigenvalue weighted by atomic mass is 32.2. The number of thiazole rings is 1. The molecule has 4 amide bonds. The quantitative estimate of drug-likeness (QED) is 0.0555. The van der Waals surface area contributed by atoms with E-state index in [-0.39, 0.29) is 28.8 Å². The number of amides is 4. The SMILES string of the molecule is CO/N=C(\C(=O)NC1C(=O)N2C(C(=O)OC(c3ccccc3)c3ccccc3)=C(S/C=C\CNC(=O)OC(C)(C)C)CS[C@H]12)c1csc(NC(=O)OC(C)(C)C)n1. The number of nitrogens with one attached hydrogen (secondary N) is 3. The van der Waals surface area contributed by atoms with Gasteiger partial charge in [0.1, 0.15) is 41.1 Å². The summed E-state index contributed by atoms with van der Waals surface area (Å²) in [5.74, 6) is -1.73. The van der Waals surface area contributed by atoms with E-state index in [1.165, 1.54) is 40.9 Å². The molecule has 3 aromatic rings. The lowest BCUT2D eigenvalue weighted by Crippen LogP contribution is -2.71. The lowest BCUT2D eigenvalue weighted by Gasteiger charge is -2.49.